The van der Waals surface area contributed by atoms with Crippen molar-refractivity contribution >= 4 is 10.0 Å². The first-order chi connectivity index (χ1) is 15.5. The Kier molecular flexibility index (Phi) is 5.26. The van der Waals surface area contributed by atoms with Crippen molar-refractivity contribution in [1.29, 1.82) is 0 Å². The van der Waals surface area contributed by atoms with Crippen molar-refractivity contribution in [2.45, 2.75) is 30.6 Å². The van der Waals surface area contributed by atoms with Gasteiger partial charge in [0, 0.05) is 18.7 Å². The van der Waals surface area contributed by atoms with E-state index in [9.17, 15) is 8.42 Å². The van der Waals surface area contributed by atoms with Crippen LogP contribution in [0.25, 0.3) is 11.5 Å². The number of methoxy groups -OCH3 is 1. The first kappa shape index (κ1) is 20.8. The van der Waals surface area contributed by atoms with Crippen LogP contribution in [0.2, 0.25) is 0 Å². The van der Waals surface area contributed by atoms with Crippen molar-refractivity contribution in [1.82, 2.24) is 14.5 Å². The summed E-state index contributed by atoms with van der Waals surface area (Å²) in [4.78, 5) is 0.173. The fourth-order valence-electron chi connectivity index (χ4n) is 4.03. The van der Waals surface area contributed by atoms with Crippen molar-refractivity contribution in [3.05, 3.63) is 47.9 Å². The molecule has 1 aromatic heterocycles. The summed E-state index contributed by atoms with van der Waals surface area (Å²) in [6, 6.07) is 10.6. The summed E-state index contributed by atoms with van der Waals surface area (Å²) in [6.07, 6.45) is 1.46. The summed E-state index contributed by atoms with van der Waals surface area (Å²) < 4.78 is 50.2. The van der Waals surface area contributed by atoms with Crippen LogP contribution in [0.4, 0.5) is 0 Å². The Bertz CT molecular complexity index is 1260. The highest BCUT2D eigenvalue weighted by molar-refractivity contribution is 7.89. The number of aromatic nitrogens is 2. The van der Waals surface area contributed by atoms with Gasteiger partial charge in [-0.05, 0) is 55.7 Å². The predicted octanol–water partition coefficient (Wildman–Crippen LogP) is 3.35. The standard InChI is InChI=1S/C22H23N3O6S/c1-14-5-7-18(28-2)20(10-14)32(26,27)25-9-3-4-16(12-25)22-24-23-21(31-22)15-6-8-17-19(11-15)30-13-29-17/h5-8,10-11,16H,3-4,9,12-13H2,1-2H3. The quantitative estimate of drug-likeness (QED) is 0.575. The van der Waals surface area contributed by atoms with E-state index in [2.05, 4.69) is 10.2 Å². The topological polar surface area (TPSA) is 104 Å². The molecule has 3 heterocycles. The molecule has 0 bridgehead atoms. The number of sulfonamides is 1. The average Bonchev–Trinajstić information content (AvgIpc) is 3.48. The molecule has 2 aliphatic rings. The maximum Gasteiger partial charge on any atom is 0.247 e. The van der Waals surface area contributed by atoms with Gasteiger partial charge in [-0.3, -0.25) is 0 Å². The third kappa shape index (κ3) is 3.69. The molecular weight excluding hydrogens is 434 g/mol. The Balaban J connectivity index is 1.39. The number of benzene rings is 2. The van der Waals surface area contributed by atoms with E-state index in [0.29, 0.717) is 42.0 Å². The summed E-state index contributed by atoms with van der Waals surface area (Å²) in [7, 11) is -2.26. The van der Waals surface area contributed by atoms with Crippen molar-refractivity contribution in [3.63, 3.8) is 0 Å². The Morgan fingerprint density at radius 2 is 1.94 bits per heavy atom. The smallest absolute Gasteiger partial charge is 0.247 e. The van der Waals surface area contributed by atoms with Crippen LogP contribution in [0, 0.1) is 6.92 Å². The van der Waals surface area contributed by atoms with E-state index < -0.39 is 10.0 Å². The first-order valence-electron chi connectivity index (χ1n) is 10.3. The summed E-state index contributed by atoms with van der Waals surface area (Å²) in [6.45, 7) is 2.74. The van der Waals surface area contributed by atoms with Gasteiger partial charge in [-0.1, -0.05) is 6.07 Å². The largest absolute Gasteiger partial charge is 0.495 e. The SMILES string of the molecule is COc1ccc(C)cc1S(=O)(=O)N1CCCC(c2nnc(-c3ccc4c(c3)OCO4)o2)C1. The van der Waals surface area contributed by atoms with Crippen LogP contribution in [-0.4, -0.2) is 49.9 Å². The highest BCUT2D eigenvalue weighted by Gasteiger charge is 2.35. The Morgan fingerprint density at radius 3 is 2.78 bits per heavy atom. The van der Waals surface area contributed by atoms with E-state index in [1.54, 1.807) is 24.3 Å². The summed E-state index contributed by atoms with van der Waals surface area (Å²) in [5.74, 6) is 2.23. The summed E-state index contributed by atoms with van der Waals surface area (Å²) >= 11 is 0. The third-order valence-electron chi connectivity index (χ3n) is 5.73. The predicted molar refractivity (Wildman–Crippen MR) is 114 cm³/mol. The molecule has 3 aromatic rings. The van der Waals surface area contributed by atoms with Gasteiger partial charge in [0.05, 0.1) is 13.0 Å². The van der Waals surface area contributed by atoms with Crippen LogP contribution in [0.15, 0.2) is 45.7 Å². The highest BCUT2D eigenvalue weighted by Crippen LogP contribution is 2.37. The van der Waals surface area contributed by atoms with Gasteiger partial charge in [0.1, 0.15) is 10.6 Å². The van der Waals surface area contributed by atoms with Crippen LogP contribution in [0.1, 0.15) is 30.2 Å². The van der Waals surface area contributed by atoms with E-state index in [1.165, 1.54) is 11.4 Å². The van der Waals surface area contributed by atoms with Crippen molar-refractivity contribution in [2.75, 3.05) is 27.0 Å². The second-order valence-corrected chi connectivity index (χ2v) is 9.78. The van der Waals surface area contributed by atoms with Gasteiger partial charge < -0.3 is 18.6 Å². The number of hydrogen-bond donors (Lipinski definition) is 0. The average molecular weight is 458 g/mol. The minimum Gasteiger partial charge on any atom is -0.495 e. The monoisotopic (exact) mass is 457 g/mol. The highest BCUT2D eigenvalue weighted by atomic mass is 32.2. The van der Waals surface area contributed by atoms with Crippen molar-refractivity contribution < 1.29 is 27.0 Å². The minimum absolute atomic E-state index is 0.173. The molecular formula is C22H23N3O6S. The summed E-state index contributed by atoms with van der Waals surface area (Å²) in [5, 5.41) is 8.38. The first-order valence-corrected chi connectivity index (χ1v) is 11.8. The van der Waals surface area contributed by atoms with Gasteiger partial charge in [-0.25, -0.2) is 8.42 Å². The molecule has 0 radical (unpaired) electrons. The van der Waals surface area contributed by atoms with Gasteiger partial charge in [0.15, 0.2) is 11.5 Å². The molecule has 0 spiro atoms. The molecule has 1 atom stereocenters. The lowest BCUT2D eigenvalue weighted by atomic mass is 10.00. The molecule has 2 aromatic carbocycles. The number of rotatable bonds is 5. The molecule has 32 heavy (non-hydrogen) atoms. The number of piperidine rings is 1. The zero-order chi connectivity index (χ0) is 22.3. The molecule has 0 saturated carbocycles. The number of fused-ring (bicyclic) bond motifs is 1. The molecule has 1 unspecified atom stereocenters. The Morgan fingerprint density at radius 1 is 1.09 bits per heavy atom. The number of ether oxygens (including phenoxy) is 3. The van der Waals surface area contributed by atoms with Gasteiger partial charge in [0.2, 0.25) is 28.6 Å². The van der Waals surface area contributed by atoms with Crippen molar-refractivity contribution in [3.8, 4) is 28.7 Å². The van der Waals surface area contributed by atoms with E-state index in [0.717, 1.165) is 17.5 Å². The molecule has 10 heteroatoms. The van der Waals surface area contributed by atoms with E-state index in [4.69, 9.17) is 18.6 Å². The zero-order valence-electron chi connectivity index (χ0n) is 17.8. The second-order valence-electron chi connectivity index (χ2n) is 7.87. The van der Waals surface area contributed by atoms with Crippen molar-refractivity contribution in [2.24, 2.45) is 0 Å². The van der Waals surface area contributed by atoms with Crippen LogP contribution >= 0.6 is 0 Å². The molecule has 0 aliphatic carbocycles. The van der Waals surface area contributed by atoms with E-state index >= 15 is 0 Å². The maximum absolute atomic E-state index is 13.4. The van der Waals surface area contributed by atoms with Crippen LogP contribution in [0.5, 0.6) is 17.2 Å². The van der Waals surface area contributed by atoms with E-state index in [1.807, 2.05) is 19.1 Å². The van der Waals surface area contributed by atoms with Crippen LogP contribution in [-0.2, 0) is 10.0 Å². The lowest BCUT2D eigenvalue weighted by Crippen LogP contribution is -2.39. The number of hydrogen-bond acceptors (Lipinski definition) is 8. The van der Waals surface area contributed by atoms with Crippen LogP contribution < -0.4 is 14.2 Å². The molecule has 168 valence electrons. The van der Waals surface area contributed by atoms with Gasteiger partial charge in [-0.15, -0.1) is 10.2 Å². The number of aryl methyl sites for hydroxylation is 1. The molecule has 0 amide bonds. The molecule has 0 N–H and O–H groups in total. The summed E-state index contributed by atoms with van der Waals surface area (Å²) in [5.41, 5.74) is 1.57. The second kappa shape index (κ2) is 8.10. The minimum atomic E-state index is -3.73. The van der Waals surface area contributed by atoms with E-state index in [-0.39, 0.29) is 24.2 Å². The van der Waals surface area contributed by atoms with Gasteiger partial charge in [0.25, 0.3) is 0 Å². The maximum atomic E-state index is 13.4. The van der Waals surface area contributed by atoms with Gasteiger partial charge >= 0.3 is 0 Å². The molecule has 2 aliphatic heterocycles. The zero-order valence-corrected chi connectivity index (χ0v) is 18.6. The fraction of sp³-hybridized carbons (Fsp3) is 0.364. The lowest BCUT2D eigenvalue weighted by molar-refractivity contribution is 0.174. The molecule has 5 rings (SSSR count). The fourth-order valence-corrected chi connectivity index (χ4v) is 5.80. The normalized spacial score (nSPS) is 18.6. The Hall–Kier alpha value is -3.11. The molecule has 1 saturated heterocycles. The number of nitrogens with zero attached hydrogens (tertiary/aromatic N) is 3. The van der Waals surface area contributed by atoms with Gasteiger partial charge in [-0.2, -0.15) is 4.31 Å². The third-order valence-corrected chi connectivity index (χ3v) is 7.62. The molecule has 9 nitrogen and oxygen atoms in total. The molecule has 1 fully saturated rings. The Labute approximate surface area is 186 Å². The van der Waals surface area contributed by atoms with Crippen LogP contribution in [0.3, 0.4) is 0 Å². The lowest BCUT2D eigenvalue weighted by Gasteiger charge is -2.30.